The summed E-state index contributed by atoms with van der Waals surface area (Å²) in [6, 6.07) is 19.7. The summed E-state index contributed by atoms with van der Waals surface area (Å²) in [6.45, 7) is 0. The van der Waals surface area contributed by atoms with Crippen molar-refractivity contribution in [1.29, 1.82) is 0 Å². The van der Waals surface area contributed by atoms with E-state index in [1.165, 1.54) is 23.8 Å². The predicted octanol–water partition coefficient (Wildman–Crippen LogP) is 4.45. The minimum atomic E-state index is -3.85. The Morgan fingerprint density at radius 1 is 0.973 bits per heavy atom. The monoisotopic (exact) mass is 533 g/mol. The summed E-state index contributed by atoms with van der Waals surface area (Å²) in [4.78, 5) is 18.9. The van der Waals surface area contributed by atoms with Crippen LogP contribution < -0.4 is 9.62 Å². The van der Waals surface area contributed by atoms with Crippen LogP contribution in [-0.2, 0) is 14.8 Å². The molecule has 0 saturated carbocycles. The molecule has 1 amide bonds. The molecule has 0 spiro atoms. The first-order valence-electron chi connectivity index (χ1n) is 11.4. The number of halogens is 1. The standard InChI is InChI=1S/C26H20FN5O3S2/c27-19-6-8-20(9-7-19)32-23-11-10-21(12-18(23)14-29-32)31-24(33)13-22(26(31)17-4-2-1-3-5-17)30-37(34,35)25-15-28-16-36-25/h1-12,14-16,22,26,30H,13H2/t22-,26+/m0/s1. The van der Waals surface area contributed by atoms with E-state index in [0.29, 0.717) is 11.4 Å². The molecule has 11 heteroatoms. The molecule has 5 aromatic rings. The Kier molecular flexibility index (Phi) is 5.82. The van der Waals surface area contributed by atoms with E-state index in [4.69, 9.17) is 0 Å². The Labute approximate surface area is 216 Å². The first kappa shape index (κ1) is 23.5. The average Bonchev–Trinajstić information content (AvgIpc) is 3.64. The van der Waals surface area contributed by atoms with Crippen molar-refractivity contribution >= 4 is 43.9 Å². The highest BCUT2D eigenvalue weighted by atomic mass is 32.2. The van der Waals surface area contributed by atoms with Crippen LogP contribution in [0.5, 0.6) is 0 Å². The van der Waals surface area contributed by atoms with Gasteiger partial charge in [0.25, 0.3) is 10.0 Å². The van der Waals surface area contributed by atoms with Gasteiger partial charge in [0.05, 0.1) is 41.2 Å². The number of thiazole rings is 1. The largest absolute Gasteiger partial charge is 0.303 e. The number of sulfonamides is 1. The Morgan fingerprint density at radius 3 is 2.46 bits per heavy atom. The molecule has 0 aliphatic carbocycles. The minimum absolute atomic E-state index is 0.00444. The van der Waals surface area contributed by atoms with E-state index in [9.17, 15) is 17.6 Å². The van der Waals surface area contributed by atoms with Crippen LogP contribution in [0.2, 0.25) is 0 Å². The number of benzene rings is 3. The molecule has 186 valence electrons. The zero-order chi connectivity index (χ0) is 25.6. The number of rotatable bonds is 6. The summed E-state index contributed by atoms with van der Waals surface area (Å²) >= 11 is 1.02. The molecule has 37 heavy (non-hydrogen) atoms. The number of hydrogen-bond donors (Lipinski definition) is 1. The Morgan fingerprint density at radius 2 is 1.73 bits per heavy atom. The maximum atomic E-state index is 13.4. The first-order chi connectivity index (χ1) is 17.9. The van der Waals surface area contributed by atoms with Crippen LogP contribution in [0.3, 0.4) is 0 Å². The summed E-state index contributed by atoms with van der Waals surface area (Å²) < 4.78 is 43.9. The molecule has 0 unspecified atom stereocenters. The van der Waals surface area contributed by atoms with Gasteiger partial charge in [0.15, 0.2) is 4.21 Å². The molecule has 3 aromatic carbocycles. The smallest absolute Gasteiger partial charge is 0.252 e. The molecule has 6 rings (SSSR count). The van der Waals surface area contributed by atoms with Crippen molar-refractivity contribution in [3.63, 3.8) is 0 Å². The van der Waals surface area contributed by atoms with Gasteiger partial charge in [-0.3, -0.25) is 9.78 Å². The number of hydrogen-bond acceptors (Lipinski definition) is 6. The molecule has 1 fully saturated rings. The van der Waals surface area contributed by atoms with Crippen molar-refractivity contribution in [2.24, 2.45) is 0 Å². The highest BCUT2D eigenvalue weighted by Crippen LogP contribution is 2.39. The van der Waals surface area contributed by atoms with E-state index < -0.39 is 22.1 Å². The highest BCUT2D eigenvalue weighted by Gasteiger charge is 2.43. The molecule has 2 aromatic heterocycles. The van der Waals surface area contributed by atoms with Crippen LogP contribution >= 0.6 is 11.3 Å². The number of nitrogens with one attached hydrogen (secondary N) is 1. The molecule has 3 heterocycles. The topological polar surface area (TPSA) is 97.2 Å². The number of anilines is 1. The Balaban J connectivity index is 1.39. The zero-order valence-corrected chi connectivity index (χ0v) is 20.9. The SMILES string of the molecule is O=C1C[C@H](NS(=O)(=O)c2cncs2)[C@@H](c2ccccc2)N1c1ccc2c(cnn2-c2ccc(F)cc2)c1. The van der Waals surface area contributed by atoms with Crippen LogP contribution in [0.1, 0.15) is 18.0 Å². The van der Waals surface area contributed by atoms with Gasteiger partial charge in [-0.1, -0.05) is 30.3 Å². The van der Waals surface area contributed by atoms with Gasteiger partial charge in [0, 0.05) is 17.5 Å². The number of nitrogens with zero attached hydrogens (tertiary/aromatic N) is 4. The number of amides is 1. The maximum Gasteiger partial charge on any atom is 0.252 e. The zero-order valence-electron chi connectivity index (χ0n) is 19.2. The summed E-state index contributed by atoms with van der Waals surface area (Å²) in [5.41, 5.74) is 4.40. The molecule has 8 nitrogen and oxygen atoms in total. The van der Waals surface area contributed by atoms with Crippen LogP contribution in [0.4, 0.5) is 10.1 Å². The highest BCUT2D eigenvalue weighted by molar-refractivity contribution is 7.91. The van der Waals surface area contributed by atoms with Crippen molar-refractivity contribution in [3.05, 3.63) is 102 Å². The number of carbonyl (C=O) groups excluding carboxylic acids is 1. The molecule has 1 aliphatic heterocycles. The fourth-order valence-electron chi connectivity index (χ4n) is 4.73. The summed E-state index contributed by atoms with van der Waals surface area (Å²) in [5, 5.41) is 5.23. The number of carbonyl (C=O) groups is 1. The molecule has 0 radical (unpaired) electrons. The molecular formula is C26H20FN5O3S2. The van der Waals surface area contributed by atoms with Crippen LogP contribution in [0.15, 0.2) is 94.9 Å². The third kappa shape index (κ3) is 4.31. The normalized spacial score (nSPS) is 18.1. The second-order valence-corrected chi connectivity index (χ2v) is 11.5. The van der Waals surface area contributed by atoms with Gasteiger partial charge in [-0.15, -0.1) is 11.3 Å². The van der Waals surface area contributed by atoms with Crippen molar-refractivity contribution in [1.82, 2.24) is 19.5 Å². The van der Waals surface area contributed by atoms with Gasteiger partial charge >= 0.3 is 0 Å². The maximum absolute atomic E-state index is 13.4. The third-order valence-corrected chi connectivity index (χ3v) is 9.11. The van der Waals surface area contributed by atoms with Crippen LogP contribution in [0.25, 0.3) is 16.6 Å². The molecule has 2 atom stereocenters. The van der Waals surface area contributed by atoms with Crippen LogP contribution in [-0.4, -0.2) is 35.1 Å². The summed E-state index contributed by atoms with van der Waals surface area (Å²) in [5.74, 6) is -0.529. The van der Waals surface area contributed by atoms with Gasteiger partial charge in [-0.05, 0) is 48.0 Å². The van der Waals surface area contributed by atoms with E-state index in [1.807, 2.05) is 48.5 Å². The second kappa shape index (κ2) is 9.18. The molecule has 1 saturated heterocycles. The molecule has 0 bridgehead atoms. The Hall–Kier alpha value is -3.93. The van der Waals surface area contributed by atoms with E-state index >= 15 is 0 Å². The van der Waals surface area contributed by atoms with Gasteiger partial charge in [0.1, 0.15) is 5.82 Å². The second-order valence-electron chi connectivity index (χ2n) is 8.65. The average molecular weight is 534 g/mol. The third-order valence-electron chi connectivity index (χ3n) is 6.35. The lowest BCUT2D eigenvalue weighted by atomic mass is 10.0. The van der Waals surface area contributed by atoms with Crippen molar-refractivity contribution in [2.75, 3.05) is 4.90 Å². The van der Waals surface area contributed by atoms with Gasteiger partial charge in [0.2, 0.25) is 5.91 Å². The van der Waals surface area contributed by atoms with Crippen LogP contribution in [0, 0.1) is 5.82 Å². The van der Waals surface area contributed by atoms with Crippen molar-refractivity contribution < 1.29 is 17.6 Å². The number of fused-ring (bicyclic) bond motifs is 1. The molecular weight excluding hydrogens is 513 g/mol. The van der Waals surface area contributed by atoms with Gasteiger partial charge in [-0.2, -0.15) is 5.10 Å². The van der Waals surface area contributed by atoms with Crippen molar-refractivity contribution in [2.45, 2.75) is 22.7 Å². The fourth-order valence-corrected chi connectivity index (χ4v) is 6.78. The minimum Gasteiger partial charge on any atom is -0.303 e. The quantitative estimate of drug-likeness (QED) is 0.348. The van der Waals surface area contributed by atoms with E-state index in [2.05, 4.69) is 14.8 Å². The van der Waals surface area contributed by atoms with Gasteiger partial charge < -0.3 is 4.90 Å². The Bertz CT molecular complexity index is 1690. The van der Waals surface area contributed by atoms with E-state index in [-0.39, 0.29) is 22.4 Å². The summed E-state index contributed by atoms with van der Waals surface area (Å²) in [6.07, 6.45) is 2.99. The van der Waals surface area contributed by atoms with Gasteiger partial charge in [-0.25, -0.2) is 22.2 Å². The van der Waals surface area contributed by atoms with E-state index in [0.717, 1.165) is 27.8 Å². The number of aromatic nitrogens is 3. The van der Waals surface area contributed by atoms with Crippen molar-refractivity contribution in [3.8, 4) is 5.69 Å². The fraction of sp³-hybridized carbons (Fsp3) is 0.115. The molecule has 1 aliphatic rings. The summed E-state index contributed by atoms with van der Waals surface area (Å²) in [7, 11) is -3.85. The molecule has 1 N–H and O–H groups in total. The first-order valence-corrected chi connectivity index (χ1v) is 13.8. The lowest BCUT2D eigenvalue weighted by molar-refractivity contribution is -0.117. The van der Waals surface area contributed by atoms with E-state index in [1.54, 1.807) is 27.9 Å². The lowest BCUT2D eigenvalue weighted by Gasteiger charge is -2.29. The predicted molar refractivity (Wildman–Crippen MR) is 139 cm³/mol. The lowest BCUT2D eigenvalue weighted by Crippen LogP contribution is -2.39.